The zero-order chi connectivity index (χ0) is 13.6. The molecule has 4 rings (SSSR count). The Morgan fingerprint density at radius 2 is 1.65 bits per heavy atom. The fraction of sp³-hybridized carbons (Fsp3) is 0.941. The summed E-state index contributed by atoms with van der Waals surface area (Å²) < 4.78 is 11.5. The van der Waals surface area contributed by atoms with Gasteiger partial charge in [-0.15, -0.1) is 0 Å². The van der Waals surface area contributed by atoms with Gasteiger partial charge in [0.05, 0.1) is 5.60 Å². The first-order valence-corrected chi connectivity index (χ1v) is 8.55. The van der Waals surface area contributed by atoms with Crippen LogP contribution in [-0.4, -0.2) is 31.2 Å². The van der Waals surface area contributed by atoms with Crippen LogP contribution in [-0.2, 0) is 14.3 Å². The molecule has 4 fully saturated rings. The number of fused-ring (bicyclic) bond motifs is 1. The zero-order valence-corrected chi connectivity index (χ0v) is 12.3. The van der Waals surface area contributed by atoms with Crippen molar-refractivity contribution in [2.24, 2.45) is 23.7 Å². The van der Waals surface area contributed by atoms with E-state index >= 15 is 0 Å². The lowest BCUT2D eigenvalue weighted by Gasteiger charge is -2.43. The highest BCUT2D eigenvalue weighted by Crippen LogP contribution is 2.57. The Balaban J connectivity index is 1.42. The van der Waals surface area contributed by atoms with Crippen LogP contribution in [0.25, 0.3) is 0 Å². The first-order chi connectivity index (χ1) is 9.79. The van der Waals surface area contributed by atoms with Crippen LogP contribution in [0.4, 0.5) is 0 Å². The van der Waals surface area contributed by atoms with E-state index in [0.29, 0.717) is 11.7 Å². The molecule has 0 aromatic heterocycles. The van der Waals surface area contributed by atoms with Crippen LogP contribution < -0.4 is 0 Å². The molecule has 2 aliphatic carbocycles. The lowest BCUT2D eigenvalue weighted by molar-refractivity contribution is -0.157. The van der Waals surface area contributed by atoms with Crippen molar-refractivity contribution in [3.05, 3.63) is 0 Å². The summed E-state index contributed by atoms with van der Waals surface area (Å²) in [5.41, 5.74) is -0.0309. The van der Waals surface area contributed by atoms with Crippen LogP contribution in [0.15, 0.2) is 0 Å². The molecule has 112 valence electrons. The molecule has 0 bridgehead atoms. The highest BCUT2D eigenvalue weighted by molar-refractivity contribution is 5.86. The molecule has 0 radical (unpaired) electrons. The fourth-order valence-electron chi connectivity index (χ4n) is 5.05. The normalized spacial score (nSPS) is 43.0. The smallest absolute Gasteiger partial charge is 0.139 e. The van der Waals surface area contributed by atoms with E-state index in [1.54, 1.807) is 0 Å². The van der Waals surface area contributed by atoms with Gasteiger partial charge in [-0.3, -0.25) is 4.79 Å². The summed E-state index contributed by atoms with van der Waals surface area (Å²) >= 11 is 0. The van der Waals surface area contributed by atoms with Gasteiger partial charge in [0.25, 0.3) is 0 Å². The molecule has 2 aliphatic heterocycles. The van der Waals surface area contributed by atoms with E-state index in [9.17, 15) is 4.79 Å². The third-order valence-electron chi connectivity index (χ3n) is 6.28. The third-order valence-corrected chi connectivity index (χ3v) is 6.28. The standard InChI is InChI=1S/C17H26O3/c18-16(15-13-3-1-2-4-14(13)15)12-5-8-20-17(11-12)6-9-19-10-7-17/h12-15H,1-11H2. The predicted octanol–water partition coefficient (Wildman–Crippen LogP) is 2.97. The van der Waals surface area contributed by atoms with Gasteiger partial charge in [0.15, 0.2) is 0 Å². The zero-order valence-electron chi connectivity index (χ0n) is 12.3. The van der Waals surface area contributed by atoms with Gasteiger partial charge in [0, 0.05) is 31.7 Å². The molecule has 3 atom stereocenters. The second-order valence-corrected chi connectivity index (χ2v) is 7.37. The summed E-state index contributed by atoms with van der Waals surface area (Å²) in [4.78, 5) is 12.9. The molecule has 0 N–H and O–H groups in total. The summed E-state index contributed by atoms with van der Waals surface area (Å²) in [6.45, 7) is 2.38. The van der Waals surface area contributed by atoms with Gasteiger partial charge >= 0.3 is 0 Å². The number of carbonyl (C=O) groups excluding carboxylic acids is 1. The summed E-state index contributed by atoms with van der Waals surface area (Å²) in [7, 11) is 0. The Bertz CT molecular complexity index is 368. The molecule has 0 aromatic carbocycles. The van der Waals surface area contributed by atoms with Gasteiger partial charge in [-0.1, -0.05) is 12.8 Å². The van der Waals surface area contributed by atoms with Gasteiger partial charge in [-0.2, -0.15) is 0 Å². The van der Waals surface area contributed by atoms with E-state index in [0.717, 1.165) is 57.3 Å². The van der Waals surface area contributed by atoms with E-state index in [1.165, 1.54) is 25.7 Å². The maximum absolute atomic E-state index is 12.9. The molecule has 1 spiro atoms. The molecule has 3 heteroatoms. The Morgan fingerprint density at radius 1 is 0.950 bits per heavy atom. The Morgan fingerprint density at radius 3 is 2.35 bits per heavy atom. The van der Waals surface area contributed by atoms with Gasteiger partial charge in [0.2, 0.25) is 0 Å². The summed E-state index contributed by atoms with van der Waals surface area (Å²) in [6, 6.07) is 0. The van der Waals surface area contributed by atoms with Crippen molar-refractivity contribution in [3.63, 3.8) is 0 Å². The molecule has 2 saturated carbocycles. The largest absolute Gasteiger partial charge is 0.381 e. The monoisotopic (exact) mass is 278 g/mol. The number of carbonyl (C=O) groups is 1. The fourth-order valence-corrected chi connectivity index (χ4v) is 5.05. The maximum atomic E-state index is 12.9. The lowest BCUT2D eigenvalue weighted by atomic mass is 9.78. The Hall–Kier alpha value is -0.410. The third kappa shape index (κ3) is 2.23. The highest BCUT2D eigenvalue weighted by atomic mass is 16.5. The van der Waals surface area contributed by atoms with Crippen LogP contribution in [0.1, 0.15) is 51.4 Å². The summed E-state index contributed by atoms with van der Waals surface area (Å²) in [5, 5.41) is 0. The van der Waals surface area contributed by atoms with E-state index < -0.39 is 0 Å². The average Bonchev–Trinajstić information content (AvgIpc) is 3.22. The van der Waals surface area contributed by atoms with Gasteiger partial charge in [-0.25, -0.2) is 0 Å². The second-order valence-electron chi connectivity index (χ2n) is 7.37. The minimum atomic E-state index is -0.0309. The molecule has 0 amide bonds. The first-order valence-electron chi connectivity index (χ1n) is 8.55. The van der Waals surface area contributed by atoms with Crippen molar-refractivity contribution in [1.29, 1.82) is 0 Å². The van der Waals surface area contributed by atoms with Crippen molar-refractivity contribution in [1.82, 2.24) is 0 Å². The predicted molar refractivity (Wildman–Crippen MR) is 75.4 cm³/mol. The highest BCUT2D eigenvalue weighted by Gasteiger charge is 2.56. The van der Waals surface area contributed by atoms with Crippen molar-refractivity contribution in [2.45, 2.75) is 57.0 Å². The van der Waals surface area contributed by atoms with Gasteiger partial charge in [-0.05, 0) is 50.4 Å². The number of hydrogen-bond donors (Lipinski definition) is 0. The second kappa shape index (κ2) is 5.10. The molecular formula is C17H26O3. The SMILES string of the molecule is O=C(C1CCOC2(CCOCC2)C1)C1C2CCCCC21. The van der Waals surface area contributed by atoms with Crippen molar-refractivity contribution >= 4 is 5.78 Å². The van der Waals surface area contributed by atoms with Crippen LogP contribution in [0.3, 0.4) is 0 Å². The number of Topliss-reactive ketones (excluding diaryl/α,β-unsaturated/α-hetero) is 1. The minimum Gasteiger partial charge on any atom is -0.381 e. The number of rotatable bonds is 2. The summed E-state index contributed by atoms with van der Waals surface area (Å²) in [5.74, 6) is 2.81. The maximum Gasteiger partial charge on any atom is 0.139 e. The number of ketones is 1. The quantitative estimate of drug-likeness (QED) is 0.779. The van der Waals surface area contributed by atoms with Crippen LogP contribution in [0.5, 0.6) is 0 Å². The Kier molecular flexibility index (Phi) is 3.38. The van der Waals surface area contributed by atoms with Crippen LogP contribution in [0, 0.1) is 23.7 Å². The van der Waals surface area contributed by atoms with Crippen LogP contribution >= 0.6 is 0 Å². The van der Waals surface area contributed by atoms with E-state index in [1.807, 2.05) is 0 Å². The number of hydrogen-bond acceptors (Lipinski definition) is 3. The topological polar surface area (TPSA) is 35.5 Å². The number of ether oxygens (including phenoxy) is 2. The Labute approximate surface area is 121 Å². The summed E-state index contributed by atoms with van der Waals surface area (Å²) in [6.07, 6.45) is 9.19. The average molecular weight is 278 g/mol. The molecular weight excluding hydrogens is 252 g/mol. The lowest BCUT2D eigenvalue weighted by Crippen LogP contribution is -2.46. The molecule has 2 heterocycles. The van der Waals surface area contributed by atoms with Gasteiger partial charge < -0.3 is 9.47 Å². The van der Waals surface area contributed by atoms with E-state index in [2.05, 4.69) is 0 Å². The molecule has 20 heavy (non-hydrogen) atoms. The van der Waals surface area contributed by atoms with Crippen molar-refractivity contribution in [3.8, 4) is 0 Å². The molecule has 3 unspecified atom stereocenters. The molecule has 4 aliphatic rings. The van der Waals surface area contributed by atoms with E-state index in [-0.39, 0.29) is 11.5 Å². The van der Waals surface area contributed by atoms with E-state index in [4.69, 9.17) is 9.47 Å². The van der Waals surface area contributed by atoms with Gasteiger partial charge in [0.1, 0.15) is 5.78 Å². The minimum absolute atomic E-state index is 0.0309. The molecule has 2 saturated heterocycles. The van der Waals surface area contributed by atoms with Crippen LogP contribution in [0.2, 0.25) is 0 Å². The van der Waals surface area contributed by atoms with Crippen molar-refractivity contribution in [2.75, 3.05) is 19.8 Å². The van der Waals surface area contributed by atoms with Crippen molar-refractivity contribution < 1.29 is 14.3 Å². The molecule has 0 aromatic rings. The molecule has 3 nitrogen and oxygen atoms in total. The first kappa shape index (κ1) is 13.3.